The van der Waals surface area contributed by atoms with Gasteiger partial charge in [0.1, 0.15) is 11.3 Å². The van der Waals surface area contributed by atoms with Gasteiger partial charge in [-0.05, 0) is 24.3 Å². The molecule has 0 atom stereocenters. The van der Waals surface area contributed by atoms with Crippen molar-refractivity contribution in [3.8, 4) is 34.3 Å². The number of rotatable bonds is 4. The smallest absolute Gasteiger partial charge is 0.340 e. The van der Waals surface area contributed by atoms with Crippen molar-refractivity contribution in [3.05, 3.63) is 95.6 Å². The fraction of sp³-hybridized carbons (Fsp3) is 0. The average molecular weight is 401 g/mol. The molecule has 0 unspecified atom stereocenters. The van der Waals surface area contributed by atoms with E-state index in [1.54, 1.807) is 54.6 Å². The van der Waals surface area contributed by atoms with Crippen LogP contribution in [0.2, 0.25) is 0 Å². The molecule has 5 nitrogen and oxygen atoms in total. The fourth-order valence-corrected chi connectivity index (χ4v) is 3.19. The van der Waals surface area contributed by atoms with Gasteiger partial charge in [0.15, 0.2) is 11.6 Å². The molecule has 4 aromatic rings. The summed E-state index contributed by atoms with van der Waals surface area (Å²) in [5.41, 5.74) is 1.91. The van der Waals surface area contributed by atoms with E-state index < -0.39 is 17.6 Å². The molecule has 0 saturated heterocycles. The van der Waals surface area contributed by atoms with E-state index in [-0.39, 0.29) is 22.6 Å². The topological polar surface area (TPSA) is 78.9 Å². The number of hydrogen-bond acceptors (Lipinski definition) is 3. The molecule has 1 heterocycles. The Bertz CT molecular complexity index is 1290. The van der Waals surface area contributed by atoms with Gasteiger partial charge in [-0.15, -0.1) is 0 Å². The van der Waals surface area contributed by atoms with Crippen LogP contribution in [0, 0.1) is 23.0 Å². The van der Waals surface area contributed by atoms with Crippen LogP contribution in [0.1, 0.15) is 15.9 Å². The van der Waals surface area contributed by atoms with Crippen molar-refractivity contribution in [2.45, 2.75) is 0 Å². The van der Waals surface area contributed by atoms with E-state index in [0.717, 1.165) is 12.1 Å². The molecule has 146 valence electrons. The second-order valence-electron chi connectivity index (χ2n) is 6.44. The highest BCUT2D eigenvalue weighted by molar-refractivity contribution is 6.01. The van der Waals surface area contributed by atoms with Crippen LogP contribution in [0.5, 0.6) is 0 Å². The van der Waals surface area contributed by atoms with Crippen LogP contribution in [-0.2, 0) is 0 Å². The molecule has 3 aromatic carbocycles. The quantitative estimate of drug-likeness (QED) is 0.519. The van der Waals surface area contributed by atoms with Crippen LogP contribution in [-0.4, -0.2) is 20.9 Å². The second-order valence-corrected chi connectivity index (χ2v) is 6.44. The van der Waals surface area contributed by atoms with Gasteiger partial charge >= 0.3 is 5.97 Å². The van der Waals surface area contributed by atoms with E-state index in [1.807, 2.05) is 6.07 Å². The maximum atomic E-state index is 13.9. The Hall–Kier alpha value is -4.31. The molecule has 0 spiro atoms. The highest BCUT2D eigenvalue weighted by Crippen LogP contribution is 2.34. The Morgan fingerprint density at radius 3 is 2.23 bits per heavy atom. The molecule has 0 aliphatic heterocycles. The van der Waals surface area contributed by atoms with E-state index in [0.29, 0.717) is 16.7 Å². The van der Waals surface area contributed by atoms with Crippen molar-refractivity contribution < 1.29 is 18.7 Å². The third-order valence-corrected chi connectivity index (χ3v) is 4.58. The summed E-state index contributed by atoms with van der Waals surface area (Å²) in [6, 6.07) is 20.2. The zero-order valence-corrected chi connectivity index (χ0v) is 15.4. The highest BCUT2D eigenvalue weighted by Gasteiger charge is 2.26. The molecule has 0 fully saturated rings. The molecule has 4 rings (SSSR count). The van der Waals surface area contributed by atoms with Crippen molar-refractivity contribution in [1.29, 1.82) is 5.26 Å². The van der Waals surface area contributed by atoms with Crippen molar-refractivity contribution in [3.63, 3.8) is 0 Å². The first-order chi connectivity index (χ1) is 14.5. The Morgan fingerprint density at radius 2 is 1.63 bits per heavy atom. The van der Waals surface area contributed by atoms with E-state index in [1.165, 1.54) is 10.7 Å². The van der Waals surface area contributed by atoms with E-state index in [9.17, 15) is 18.7 Å². The molecular weight excluding hydrogens is 388 g/mol. The lowest BCUT2D eigenvalue weighted by Crippen LogP contribution is -2.04. The minimum Gasteiger partial charge on any atom is -0.478 e. The van der Waals surface area contributed by atoms with E-state index in [2.05, 4.69) is 5.10 Å². The summed E-state index contributed by atoms with van der Waals surface area (Å²) in [4.78, 5) is 12.2. The van der Waals surface area contributed by atoms with Crippen LogP contribution in [0.3, 0.4) is 0 Å². The number of halogens is 2. The van der Waals surface area contributed by atoms with Crippen molar-refractivity contribution in [2.24, 2.45) is 0 Å². The lowest BCUT2D eigenvalue weighted by molar-refractivity contribution is 0.0698. The van der Waals surface area contributed by atoms with Gasteiger partial charge in [0.2, 0.25) is 0 Å². The standard InChI is InChI=1S/C23H13F2N3O2/c24-18-11-10-17(12-19(18)25)28-22(16-4-2-1-3-5-16)20(23(29)30)21(27-28)15-8-6-14(13-26)7-9-15/h1-12H,(H,29,30). The van der Waals surface area contributed by atoms with Gasteiger partial charge in [0.05, 0.1) is 23.0 Å². The molecule has 30 heavy (non-hydrogen) atoms. The third-order valence-electron chi connectivity index (χ3n) is 4.58. The van der Waals surface area contributed by atoms with Gasteiger partial charge in [-0.1, -0.05) is 42.5 Å². The minimum atomic E-state index is -1.22. The molecule has 0 aliphatic carbocycles. The minimum absolute atomic E-state index is 0.0874. The van der Waals surface area contributed by atoms with Crippen molar-refractivity contribution in [2.75, 3.05) is 0 Å². The lowest BCUT2D eigenvalue weighted by atomic mass is 10.0. The van der Waals surface area contributed by atoms with Crippen LogP contribution < -0.4 is 0 Å². The Balaban J connectivity index is 2.04. The first kappa shape index (κ1) is 19.0. The number of hydrogen-bond donors (Lipinski definition) is 1. The number of carboxylic acid groups (broad SMARTS) is 1. The molecular formula is C23H13F2N3O2. The number of nitrogens with zero attached hydrogens (tertiary/aromatic N) is 3. The maximum Gasteiger partial charge on any atom is 0.340 e. The number of carbonyl (C=O) groups is 1. The van der Waals surface area contributed by atoms with Crippen molar-refractivity contribution in [1.82, 2.24) is 9.78 Å². The number of benzene rings is 3. The molecule has 0 amide bonds. The zero-order chi connectivity index (χ0) is 21.3. The van der Waals surface area contributed by atoms with Gasteiger partial charge in [-0.25, -0.2) is 18.3 Å². The molecule has 7 heteroatoms. The van der Waals surface area contributed by atoms with Gasteiger partial charge in [-0.3, -0.25) is 0 Å². The van der Waals surface area contributed by atoms with Gasteiger partial charge in [0, 0.05) is 17.2 Å². The molecule has 1 aromatic heterocycles. The average Bonchev–Trinajstić information content (AvgIpc) is 3.17. The zero-order valence-electron chi connectivity index (χ0n) is 15.4. The highest BCUT2D eigenvalue weighted by atomic mass is 19.2. The van der Waals surface area contributed by atoms with Crippen LogP contribution >= 0.6 is 0 Å². The van der Waals surface area contributed by atoms with Gasteiger partial charge in [0.25, 0.3) is 0 Å². The summed E-state index contributed by atoms with van der Waals surface area (Å²) in [6.07, 6.45) is 0. The Morgan fingerprint density at radius 1 is 0.933 bits per heavy atom. The largest absolute Gasteiger partial charge is 0.478 e. The summed E-state index contributed by atoms with van der Waals surface area (Å²) in [7, 11) is 0. The Kier molecular flexibility index (Phi) is 4.82. The predicted octanol–water partition coefficient (Wildman–Crippen LogP) is 5.05. The normalized spacial score (nSPS) is 10.6. The van der Waals surface area contributed by atoms with Crippen LogP contribution in [0.4, 0.5) is 8.78 Å². The number of aromatic nitrogens is 2. The molecule has 1 N–H and O–H groups in total. The summed E-state index contributed by atoms with van der Waals surface area (Å²) < 4.78 is 28.7. The summed E-state index contributed by atoms with van der Waals surface area (Å²) >= 11 is 0. The first-order valence-electron chi connectivity index (χ1n) is 8.87. The fourth-order valence-electron chi connectivity index (χ4n) is 3.19. The van der Waals surface area contributed by atoms with Gasteiger partial charge < -0.3 is 5.11 Å². The number of aromatic carboxylic acids is 1. The van der Waals surface area contributed by atoms with E-state index in [4.69, 9.17) is 5.26 Å². The molecule has 0 bridgehead atoms. The lowest BCUT2D eigenvalue weighted by Gasteiger charge is -2.09. The molecule has 0 radical (unpaired) electrons. The van der Waals surface area contributed by atoms with Crippen LogP contribution in [0.25, 0.3) is 28.2 Å². The second kappa shape index (κ2) is 7.60. The summed E-state index contributed by atoms with van der Waals surface area (Å²) in [6.45, 7) is 0. The maximum absolute atomic E-state index is 13.9. The van der Waals surface area contributed by atoms with Crippen LogP contribution in [0.15, 0.2) is 72.8 Å². The van der Waals surface area contributed by atoms with Crippen molar-refractivity contribution >= 4 is 5.97 Å². The summed E-state index contributed by atoms with van der Waals surface area (Å²) in [5.74, 6) is -3.31. The SMILES string of the molecule is N#Cc1ccc(-c2nn(-c3ccc(F)c(F)c3)c(-c3ccccc3)c2C(=O)O)cc1. The molecule has 0 saturated carbocycles. The molecule has 0 aliphatic rings. The number of carboxylic acids is 1. The number of nitriles is 1. The third kappa shape index (κ3) is 3.31. The first-order valence-corrected chi connectivity index (χ1v) is 8.87. The Labute approximate surface area is 170 Å². The predicted molar refractivity (Wildman–Crippen MR) is 106 cm³/mol. The van der Waals surface area contributed by atoms with E-state index >= 15 is 0 Å². The monoisotopic (exact) mass is 401 g/mol. The summed E-state index contributed by atoms with van der Waals surface area (Å²) in [5, 5.41) is 23.4. The van der Waals surface area contributed by atoms with Gasteiger partial charge in [-0.2, -0.15) is 10.4 Å².